The van der Waals surface area contributed by atoms with E-state index in [2.05, 4.69) is 89.4 Å². The second kappa shape index (κ2) is 7.26. The lowest BCUT2D eigenvalue weighted by molar-refractivity contribution is 0.384. The highest BCUT2D eigenvalue weighted by molar-refractivity contribution is 9.10. The molecule has 0 saturated carbocycles. The van der Waals surface area contributed by atoms with Crippen LogP contribution in [0.1, 0.15) is 44.9 Å². The van der Waals surface area contributed by atoms with E-state index in [0.717, 1.165) is 28.5 Å². The Bertz CT molecular complexity index is 850. The number of nitrogens with one attached hydrogen (secondary N) is 1. The van der Waals surface area contributed by atoms with Gasteiger partial charge < -0.3 is 5.32 Å². The summed E-state index contributed by atoms with van der Waals surface area (Å²) in [6, 6.07) is 11.0. The molecule has 0 aliphatic rings. The van der Waals surface area contributed by atoms with Gasteiger partial charge in [0.1, 0.15) is 0 Å². The molecule has 4 nitrogen and oxygen atoms in total. The Morgan fingerprint density at radius 1 is 1.12 bits per heavy atom. The number of nitrogens with zero attached hydrogens (tertiary/aromatic N) is 3. The van der Waals surface area contributed by atoms with Crippen molar-refractivity contribution >= 4 is 27.0 Å². The van der Waals surface area contributed by atoms with Crippen LogP contribution in [0.3, 0.4) is 0 Å². The van der Waals surface area contributed by atoms with Crippen molar-refractivity contribution in [2.24, 2.45) is 0 Å². The van der Waals surface area contributed by atoms with Crippen LogP contribution < -0.4 is 5.32 Å². The third kappa shape index (κ3) is 4.47. The standard InChI is InChI=1S/C20H25BrN4/c1-14(2)25-19-17(13-24-25)9-16(11-22-19)12-23-20(3,4)10-15-5-7-18(21)8-6-15/h5-9,11,13-14,23H,10,12H2,1-4H3. The van der Waals surface area contributed by atoms with Crippen molar-refractivity contribution in [3.8, 4) is 0 Å². The number of benzene rings is 1. The first-order valence-corrected chi connectivity index (χ1v) is 9.45. The molecule has 0 fully saturated rings. The van der Waals surface area contributed by atoms with Crippen molar-refractivity contribution in [3.05, 3.63) is 58.3 Å². The Hall–Kier alpha value is -1.72. The maximum Gasteiger partial charge on any atom is 0.157 e. The highest BCUT2D eigenvalue weighted by Crippen LogP contribution is 2.19. The average molecular weight is 401 g/mol. The molecule has 25 heavy (non-hydrogen) atoms. The summed E-state index contributed by atoms with van der Waals surface area (Å²) in [5.74, 6) is 0. The number of halogens is 1. The summed E-state index contributed by atoms with van der Waals surface area (Å²) in [6.07, 6.45) is 4.83. The molecule has 3 rings (SSSR count). The molecule has 2 aromatic heterocycles. The van der Waals surface area contributed by atoms with E-state index in [1.165, 1.54) is 11.1 Å². The number of fused-ring (bicyclic) bond motifs is 1. The van der Waals surface area contributed by atoms with Crippen LogP contribution in [0, 0.1) is 0 Å². The molecule has 0 aliphatic heterocycles. The average Bonchev–Trinajstić information content (AvgIpc) is 2.98. The summed E-state index contributed by atoms with van der Waals surface area (Å²) in [5.41, 5.74) is 3.46. The van der Waals surface area contributed by atoms with Crippen LogP contribution >= 0.6 is 15.9 Å². The number of rotatable bonds is 6. The lowest BCUT2D eigenvalue weighted by Gasteiger charge is -2.26. The summed E-state index contributed by atoms with van der Waals surface area (Å²) in [6.45, 7) is 9.50. The van der Waals surface area contributed by atoms with Crippen LogP contribution in [0.4, 0.5) is 0 Å². The zero-order valence-electron chi connectivity index (χ0n) is 15.3. The first kappa shape index (κ1) is 18.1. The molecule has 0 bridgehead atoms. The second-order valence-corrected chi connectivity index (χ2v) is 8.40. The zero-order chi connectivity index (χ0) is 18.0. The lowest BCUT2D eigenvalue weighted by Crippen LogP contribution is -2.40. The van der Waals surface area contributed by atoms with E-state index in [-0.39, 0.29) is 5.54 Å². The van der Waals surface area contributed by atoms with E-state index < -0.39 is 0 Å². The van der Waals surface area contributed by atoms with Crippen LogP contribution in [-0.4, -0.2) is 20.3 Å². The van der Waals surface area contributed by atoms with Crippen molar-refractivity contribution < 1.29 is 0 Å². The highest BCUT2D eigenvalue weighted by atomic mass is 79.9. The fraction of sp³-hybridized carbons (Fsp3) is 0.400. The molecular weight excluding hydrogens is 376 g/mol. The molecular formula is C20H25BrN4. The monoisotopic (exact) mass is 400 g/mol. The van der Waals surface area contributed by atoms with Gasteiger partial charge in [0.2, 0.25) is 0 Å². The number of aromatic nitrogens is 3. The van der Waals surface area contributed by atoms with Gasteiger partial charge in [-0.25, -0.2) is 9.67 Å². The lowest BCUT2D eigenvalue weighted by atomic mass is 9.94. The number of hydrogen-bond donors (Lipinski definition) is 1. The summed E-state index contributed by atoms with van der Waals surface area (Å²) in [7, 11) is 0. The van der Waals surface area contributed by atoms with Gasteiger partial charge in [-0.15, -0.1) is 0 Å². The topological polar surface area (TPSA) is 42.7 Å². The molecule has 0 aliphatic carbocycles. The molecule has 1 aromatic carbocycles. The Kier molecular flexibility index (Phi) is 5.25. The summed E-state index contributed by atoms with van der Waals surface area (Å²) >= 11 is 3.49. The summed E-state index contributed by atoms with van der Waals surface area (Å²) in [5, 5.41) is 9.19. The second-order valence-electron chi connectivity index (χ2n) is 7.48. The van der Waals surface area contributed by atoms with Crippen LogP contribution in [0.25, 0.3) is 11.0 Å². The molecule has 0 radical (unpaired) electrons. The van der Waals surface area contributed by atoms with Gasteiger partial charge >= 0.3 is 0 Å². The van der Waals surface area contributed by atoms with Crippen molar-refractivity contribution in [2.75, 3.05) is 0 Å². The van der Waals surface area contributed by atoms with Crippen molar-refractivity contribution in [3.63, 3.8) is 0 Å². The maximum atomic E-state index is 4.61. The fourth-order valence-corrected chi connectivity index (χ4v) is 3.24. The molecule has 0 amide bonds. The van der Waals surface area contributed by atoms with Gasteiger partial charge in [-0.3, -0.25) is 0 Å². The molecule has 5 heteroatoms. The Balaban J connectivity index is 1.67. The first-order chi connectivity index (χ1) is 11.8. The van der Waals surface area contributed by atoms with Crippen molar-refractivity contribution in [1.82, 2.24) is 20.1 Å². The summed E-state index contributed by atoms with van der Waals surface area (Å²) in [4.78, 5) is 4.61. The van der Waals surface area contributed by atoms with Gasteiger partial charge in [-0.05, 0) is 63.4 Å². The quantitative estimate of drug-likeness (QED) is 0.640. The molecule has 3 aromatic rings. The SMILES string of the molecule is CC(C)n1ncc2cc(CNC(C)(C)Cc3ccc(Br)cc3)cnc21. The van der Waals surface area contributed by atoms with E-state index in [1.54, 1.807) is 0 Å². The Morgan fingerprint density at radius 3 is 2.52 bits per heavy atom. The van der Waals surface area contributed by atoms with Gasteiger partial charge in [0, 0.05) is 34.2 Å². The smallest absolute Gasteiger partial charge is 0.157 e. The first-order valence-electron chi connectivity index (χ1n) is 8.66. The highest BCUT2D eigenvalue weighted by Gasteiger charge is 2.18. The Labute approximate surface area is 157 Å². The van der Waals surface area contributed by atoms with Crippen LogP contribution in [0.5, 0.6) is 0 Å². The van der Waals surface area contributed by atoms with Gasteiger partial charge in [-0.1, -0.05) is 28.1 Å². The minimum absolute atomic E-state index is 0.00486. The zero-order valence-corrected chi connectivity index (χ0v) is 16.8. The third-order valence-corrected chi connectivity index (χ3v) is 4.84. The molecule has 0 atom stereocenters. The number of pyridine rings is 1. The molecule has 0 spiro atoms. The van der Waals surface area contributed by atoms with Crippen LogP contribution in [0.2, 0.25) is 0 Å². The third-order valence-electron chi connectivity index (χ3n) is 4.31. The molecule has 2 heterocycles. The maximum absolute atomic E-state index is 4.61. The van der Waals surface area contributed by atoms with Gasteiger partial charge in [-0.2, -0.15) is 5.10 Å². The van der Waals surface area contributed by atoms with E-state index >= 15 is 0 Å². The van der Waals surface area contributed by atoms with Crippen molar-refractivity contribution in [2.45, 2.75) is 52.2 Å². The van der Waals surface area contributed by atoms with E-state index in [1.807, 2.05) is 17.1 Å². The van der Waals surface area contributed by atoms with E-state index in [4.69, 9.17) is 0 Å². The molecule has 0 saturated heterocycles. The predicted octanol–water partition coefficient (Wildman–Crippen LogP) is 4.89. The molecule has 132 valence electrons. The number of hydrogen-bond acceptors (Lipinski definition) is 3. The minimum Gasteiger partial charge on any atom is -0.307 e. The van der Waals surface area contributed by atoms with Gasteiger partial charge in [0.15, 0.2) is 5.65 Å². The predicted molar refractivity (Wildman–Crippen MR) is 107 cm³/mol. The summed E-state index contributed by atoms with van der Waals surface area (Å²) < 4.78 is 3.08. The fourth-order valence-electron chi connectivity index (χ4n) is 2.98. The van der Waals surface area contributed by atoms with Crippen LogP contribution in [0.15, 0.2) is 47.2 Å². The van der Waals surface area contributed by atoms with Gasteiger partial charge in [0.05, 0.1) is 6.20 Å². The van der Waals surface area contributed by atoms with Crippen LogP contribution in [-0.2, 0) is 13.0 Å². The van der Waals surface area contributed by atoms with E-state index in [9.17, 15) is 0 Å². The normalized spacial score (nSPS) is 12.2. The van der Waals surface area contributed by atoms with Crippen molar-refractivity contribution in [1.29, 1.82) is 0 Å². The molecule has 0 unspecified atom stereocenters. The van der Waals surface area contributed by atoms with E-state index in [0.29, 0.717) is 6.04 Å². The Morgan fingerprint density at radius 2 is 1.84 bits per heavy atom. The van der Waals surface area contributed by atoms with Gasteiger partial charge in [0.25, 0.3) is 0 Å². The molecule has 1 N–H and O–H groups in total. The minimum atomic E-state index is 0.00486. The largest absolute Gasteiger partial charge is 0.307 e.